The third-order valence-electron chi connectivity index (χ3n) is 1.81. The van der Waals surface area contributed by atoms with E-state index in [1.807, 2.05) is 30.3 Å². The predicted octanol–water partition coefficient (Wildman–Crippen LogP) is 2.80. The maximum Gasteiger partial charge on any atom is 0.0625 e. The molecule has 1 aromatic carbocycles. The fourth-order valence-electron chi connectivity index (χ4n) is 0.951. The van der Waals surface area contributed by atoms with Crippen molar-refractivity contribution in [2.45, 2.75) is 12.8 Å². The molecule has 1 saturated carbocycles. The molecule has 0 aromatic heterocycles. The molecule has 0 heterocycles. The summed E-state index contributed by atoms with van der Waals surface area (Å²) in [5.41, 5.74) is 1.07. The highest BCUT2D eigenvalue weighted by Gasteiger charge is 2.17. The van der Waals surface area contributed by atoms with Crippen LogP contribution in [0.5, 0.6) is 0 Å². The van der Waals surface area contributed by atoms with Crippen molar-refractivity contribution >= 4 is 11.9 Å². The van der Waals surface area contributed by atoms with E-state index < -0.39 is 0 Å². The van der Waals surface area contributed by atoms with Gasteiger partial charge in [0, 0.05) is 6.21 Å². The average Bonchev–Trinajstić information content (AvgIpc) is 2.86. The summed E-state index contributed by atoms with van der Waals surface area (Å²) in [6.07, 6.45) is 4.72. The van der Waals surface area contributed by atoms with Crippen LogP contribution in [0.2, 0.25) is 0 Å². The van der Waals surface area contributed by atoms with Crippen LogP contribution in [-0.4, -0.2) is 6.21 Å². The second-order valence-corrected chi connectivity index (χ2v) is 2.95. The van der Waals surface area contributed by atoms with Crippen LogP contribution in [0.4, 0.5) is 5.69 Å². The van der Waals surface area contributed by atoms with Crippen molar-refractivity contribution in [2.75, 3.05) is 0 Å². The molecule has 0 atom stereocenters. The van der Waals surface area contributed by atoms with E-state index in [1.54, 1.807) is 0 Å². The van der Waals surface area contributed by atoms with Gasteiger partial charge in [-0.15, -0.1) is 0 Å². The second kappa shape index (κ2) is 2.87. The van der Waals surface area contributed by atoms with Gasteiger partial charge in [-0.05, 0) is 30.9 Å². The van der Waals surface area contributed by atoms with Gasteiger partial charge in [0.1, 0.15) is 0 Å². The Morgan fingerprint density at radius 3 is 2.55 bits per heavy atom. The SMILES string of the molecule is C(=Nc1ccccc1)C1CC1. The van der Waals surface area contributed by atoms with Crippen LogP contribution in [0, 0.1) is 5.92 Å². The van der Waals surface area contributed by atoms with Gasteiger partial charge in [-0.25, -0.2) is 0 Å². The molecule has 56 valence electrons. The van der Waals surface area contributed by atoms with Crippen molar-refractivity contribution in [3.63, 3.8) is 0 Å². The van der Waals surface area contributed by atoms with E-state index >= 15 is 0 Å². The molecular formula is C10H11N. The molecule has 2 rings (SSSR count). The first-order chi connectivity index (χ1) is 5.45. The zero-order valence-electron chi connectivity index (χ0n) is 6.40. The van der Waals surface area contributed by atoms with E-state index in [0.29, 0.717) is 0 Å². The Labute approximate surface area is 66.8 Å². The smallest absolute Gasteiger partial charge is 0.0625 e. The molecule has 11 heavy (non-hydrogen) atoms. The topological polar surface area (TPSA) is 12.4 Å². The summed E-state index contributed by atoms with van der Waals surface area (Å²) in [4.78, 5) is 4.34. The van der Waals surface area contributed by atoms with Crippen LogP contribution >= 0.6 is 0 Å². The lowest BCUT2D eigenvalue weighted by molar-refractivity contribution is 1.23. The van der Waals surface area contributed by atoms with Crippen LogP contribution in [0.3, 0.4) is 0 Å². The van der Waals surface area contributed by atoms with Crippen molar-refractivity contribution in [3.8, 4) is 0 Å². The normalized spacial score (nSPS) is 17.5. The molecule has 1 heteroatoms. The number of hydrogen-bond donors (Lipinski definition) is 0. The van der Waals surface area contributed by atoms with Gasteiger partial charge in [0.05, 0.1) is 5.69 Å². The monoisotopic (exact) mass is 145 g/mol. The maximum absolute atomic E-state index is 4.34. The Hall–Kier alpha value is -1.11. The third kappa shape index (κ3) is 1.90. The molecule has 0 bridgehead atoms. The van der Waals surface area contributed by atoms with Gasteiger partial charge in [-0.2, -0.15) is 0 Å². The van der Waals surface area contributed by atoms with Crippen LogP contribution in [0.25, 0.3) is 0 Å². The number of rotatable bonds is 2. The zero-order chi connectivity index (χ0) is 7.52. The molecule has 1 aliphatic carbocycles. The molecule has 1 nitrogen and oxygen atoms in total. The Balaban J connectivity index is 2.05. The van der Waals surface area contributed by atoms with Crippen LogP contribution < -0.4 is 0 Å². The van der Waals surface area contributed by atoms with Gasteiger partial charge < -0.3 is 0 Å². The quantitative estimate of drug-likeness (QED) is 0.567. The standard InChI is InChI=1S/C10H11N/c1-2-4-10(5-3-1)11-8-9-6-7-9/h1-5,8-9H,6-7H2. The molecule has 0 spiro atoms. The van der Waals surface area contributed by atoms with E-state index in [0.717, 1.165) is 11.6 Å². The van der Waals surface area contributed by atoms with Crippen molar-refractivity contribution in [3.05, 3.63) is 30.3 Å². The Morgan fingerprint density at radius 2 is 1.91 bits per heavy atom. The van der Waals surface area contributed by atoms with Crippen molar-refractivity contribution in [1.82, 2.24) is 0 Å². The van der Waals surface area contributed by atoms with Crippen molar-refractivity contribution < 1.29 is 0 Å². The van der Waals surface area contributed by atoms with Crippen molar-refractivity contribution in [2.24, 2.45) is 10.9 Å². The van der Waals surface area contributed by atoms with Gasteiger partial charge in [0.15, 0.2) is 0 Å². The first kappa shape index (κ1) is 6.59. The van der Waals surface area contributed by atoms with E-state index in [1.165, 1.54) is 12.8 Å². The Kier molecular flexibility index (Phi) is 1.72. The molecule has 0 radical (unpaired) electrons. The highest BCUT2D eigenvalue weighted by molar-refractivity contribution is 5.67. The molecule has 1 aliphatic rings. The molecule has 0 N–H and O–H groups in total. The fraction of sp³-hybridized carbons (Fsp3) is 0.300. The Bertz CT molecular complexity index is 247. The van der Waals surface area contributed by atoms with Gasteiger partial charge in [0.2, 0.25) is 0 Å². The number of hydrogen-bond acceptors (Lipinski definition) is 1. The summed E-state index contributed by atoms with van der Waals surface area (Å²) < 4.78 is 0. The van der Waals surface area contributed by atoms with Crippen LogP contribution in [0.15, 0.2) is 35.3 Å². The molecule has 0 amide bonds. The molecule has 0 aliphatic heterocycles. The molecule has 0 unspecified atom stereocenters. The lowest BCUT2D eigenvalue weighted by Gasteiger charge is -1.88. The zero-order valence-corrected chi connectivity index (χ0v) is 6.40. The first-order valence-electron chi connectivity index (χ1n) is 4.04. The van der Waals surface area contributed by atoms with E-state index in [4.69, 9.17) is 0 Å². The van der Waals surface area contributed by atoms with Gasteiger partial charge >= 0.3 is 0 Å². The lowest BCUT2D eigenvalue weighted by atomic mass is 10.3. The lowest BCUT2D eigenvalue weighted by Crippen LogP contribution is -1.72. The molecule has 1 fully saturated rings. The van der Waals surface area contributed by atoms with E-state index in [9.17, 15) is 0 Å². The van der Waals surface area contributed by atoms with E-state index in [-0.39, 0.29) is 0 Å². The Morgan fingerprint density at radius 1 is 1.18 bits per heavy atom. The third-order valence-corrected chi connectivity index (χ3v) is 1.81. The summed E-state index contributed by atoms with van der Waals surface area (Å²) in [6, 6.07) is 10.1. The number of nitrogens with zero attached hydrogens (tertiary/aromatic N) is 1. The van der Waals surface area contributed by atoms with Crippen LogP contribution in [0.1, 0.15) is 12.8 Å². The summed E-state index contributed by atoms with van der Waals surface area (Å²) in [5, 5.41) is 0. The van der Waals surface area contributed by atoms with Gasteiger partial charge in [-0.1, -0.05) is 18.2 Å². The number of aliphatic imine (C=N–C) groups is 1. The number of para-hydroxylation sites is 1. The highest BCUT2D eigenvalue weighted by atomic mass is 14.7. The van der Waals surface area contributed by atoms with Crippen molar-refractivity contribution in [1.29, 1.82) is 0 Å². The largest absolute Gasteiger partial charge is 0.261 e. The molecule has 0 saturated heterocycles. The predicted molar refractivity (Wildman–Crippen MR) is 47.3 cm³/mol. The minimum Gasteiger partial charge on any atom is -0.261 e. The molecule has 1 aromatic rings. The van der Waals surface area contributed by atoms with Gasteiger partial charge in [-0.3, -0.25) is 4.99 Å². The number of benzene rings is 1. The second-order valence-electron chi connectivity index (χ2n) is 2.95. The van der Waals surface area contributed by atoms with Gasteiger partial charge in [0.25, 0.3) is 0 Å². The highest BCUT2D eigenvalue weighted by Crippen LogP contribution is 2.27. The summed E-state index contributed by atoms with van der Waals surface area (Å²) >= 11 is 0. The fourth-order valence-corrected chi connectivity index (χ4v) is 0.951. The summed E-state index contributed by atoms with van der Waals surface area (Å²) in [7, 11) is 0. The average molecular weight is 145 g/mol. The maximum atomic E-state index is 4.34. The molecular weight excluding hydrogens is 134 g/mol. The summed E-state index contributed by atoms with van der Waals surface area (Å²) in [6.45, 7) is 0. The summed E-state index contributed by atoms with van der Waals surface area (Å²) in [5.74, 6) is 0.773. The minimum atomic E-state index is 0.773. The minimum absolute atomic E-state index is 0.773. The van der Waals surface area contributed by atoms with E-state index in [2.05, 4.69) is 11.2 Å². The first-order valence-corrected chi connectivity index (χ1v) is 4.04. The van der Waals surface area contributed by atoms with Crippen LogP contribution in [-0.2, 0) is 0 Å².